The molecule has 1 aliphatic heterocycles. The van der Waals surface area contributed by atoms with Crippen molar-refractivity contribution in [3.05, 3.63) is 35.6 Å². The van der Waals surface area contributed by atoms with Crippen LogP contribution in [0.3, 0.4) is 0 Å². The Hall–Kier alpha value is -0.980. The van der Waals surface area contributed by atoms with Crippen LogP contribution >= 0.6 is 0 Å². The summed E-state index contributed by atoms with van der Waals surface area (Å²) in [4.78, 5) is 2.10. The standard InChI is InChI=1S/C15H23FN2O2S/c1-2-3-12-21(19,20)18-10-8-17(9-11-18)13-14-6-4-5-7-15(14)16/h4-7H,2-3,8-13H2,1H3. The van der Waals surface area contributed by atoms with Crippen LogP contribution in [0.25, 0.3) is 0 Å². The number of hydrogen-bond acceptors (Lipinski definition) is 3. The fraction of sp³-hybridized carbons (Fsp3) is 0.600. The Morgan fingerprint density at radius 2 is 1.81 bits per heavy atom. The molecule has 0 saturated carbocycles. The van der Waals surface area contributed by atoms with Crippen molar-refractivity contribution in [2.24, 2.45) is 0 Å². The summed E-state index contributed by atoms with van der Waals surface area (Å²) in [6.45, 7) is 4.83. The van der Waals surface area contributed by atoms with Crippen LogP contribution in [0.2, 0.25) is 0 Å². The van der Waals surface area contributed by atoms with Crippen LogP contribution in [0.1, 0.15) is 25.3 Å². The molecule has 0 amide bonds. The van der Waals surface area contributed by atoms with Crippen molar-refractivity contribution in [2.75, 3.05) is 31.9 Å². The summed E-state index contributed by atoms with van der Waals surface area (Å²) >= 11 is 0. The van der Waals surface area contributed by atoms with E-state index in [1.807, 2.05) is 13.0 Å². The van der Waals surface area contributed by atoms with Crippen LogP contribution in [-0.2, 0) is 16.6 Å². The van der Waals surface area contributed by atoms with Crippen LogP contribution in [0.15, 0.2) is 24.3 Å². The van der Waals surface area contributed by atoms with E-state index < -0.39 is 10.0 Å². The number of hydrogen-bond donors (Lipinski definition) is 0. The minimum Gasteiger partial charge on any atom is -0.296 e. The van der Waals surface area contributed by atoms with Gasteiger partial charge in [-0.25, -0.2) is 12.8 Å². The molecule has 0 aromatic heterocycles. The summed E-state index contributed by atoms with van der Waals surface area (Å²) in [5, 5.41) is 0. The van der Waals surface area contributed by atoms with Gasteiger partial charge in [0, 0.05) is 38.3 Å². The molecule has 6 heteroatoms. The van der Waals surface area contributed by atoms with Gasteiger partial charge in [-0.1, -0.05) is 31.5 Å². The van der Waals surface area contributed by atoms with Gasteiger partial charge in [-0.05, 0) is 12.5 Å². The van der Waals surface area contributed by atoms with Crippen molar-refractivity contribution in [3.63, 3.8) is 0 Å². The molecule has 1 fully saturated rings. The Morgan fingerprint density at radius 1 is 1.14 bits per heavy atom. The van der Waals surface area contributed by atoms with Gasteiger partial charge in [0.15, 0.2) is 0 Å². The summed E-state index contributed by atoms with van der Waals surface area (Å²) in [7, 11) is -3.12. The fourth-order valence-electron chi connectivity index (χ4n) is 2.49. The van der Waals surface area contributed by atoms with E-state index in [-0.39, 0.29) is 11.6 Å². The van der Waals surface area contributed by atoms with Gasteiger partial charge in [0.25, 0.3) is 0 Å². The predicted molar refractivity (Wildman–Crippen MR) is 81.9 cm³/mol. The second kappa shape index (κ2) is 7.33. The predicted octanol–water partition coefficient (Wildman–Crippen LogP) is 2.07. The van der Waals surface area contributed by atoms with Gasteiger partial charge in [0.1, 0.15) is 5.82 Å². The number of nitrogens with zero attached hydrogens (tertiary/aromatic N) is 2. The molecule has 0 N–H and O–H groups in total. The van der Waals surface area contributed by atoms with Crippen LogP contribution in [-0.4, -0.2) is 49.6 Å². The van der Waals surface area contributed by atoms with Crippen molar-refractivity contribution in [3.8, 4) is 0 Å². The number of benzene rings is 1. The van der Waals surface area contributed by atoms with Gasteiger partial charge in [0.05, 0.1) is 5.75 Å². The van der Waals surface area contributed by atoms with Gasteiger partial charge in [-0.3, -0.25) is 4.90 Å². The maximum absolute atomic E-state index is 13.6. The molecule has 2 rings (SSSR count). The third-order valence-corrected chi connectivity index (χ3v) is 5.79. The summed E-state index contributed by atoms with van der Waals surface area (Å²) < 4.78 is 39.4. The normalized spacial score (nSPS) is 18.0. The SMILES string of the molecule is CCCCS(=O)(=O)N1CCN(Cc2ccccc2F)CC1. The highest BCUT2D eigenvalue weighted by molar-refractivity contribution is 7.89. The molecule has 0 unspecified atom stereocenters. The van der Waals surface area contributed by atoms with Crippen molar-refractivity contribution in [1.82, 2.24) is 9.21 Å². The van der Waals surface area contributed by atoms with E-state index in [9.17, 15) is 12.8 Å². The van der Waals surface area contributed by atoms with Gasteiger partial charge in [0.2, 0.25) is 10.0 Å². The van der Waals surface area contributed by atoms with Crippen molar-refractivity contribution in [2.45, 2.75) is 26.3 Å². The molecular weight excluding hydrogens is 291 g/mol. The average molecular weight is 314 g/mol. The number of unbranched alkanes of at least 4 members (excludes halogenated alkanes) is 1. The number of piperazine rings is 1. The first-order valence-corrected chi connectivity index (χ1v) is 9.07. The molecule has 4 nitrogen and oxygen atoms in total. The quantitative estimate of drug-likeness (QED) is 0.807. The van der Waals surface area contributed by atoms with Crippen LogP contribution in [0, 0.1) is 5.82 Å². The molecule has 0 spiro atoms. The molecule has 0 aliphatic carbocycles. The lowest BCUT2D eigenvalue weighted by Crippen LogP contribution is -2.48. The maximum atomic E-state index is 13.6. The third-order valence-electron chi connectivity index (χ3n) is 3.83. The van der Waals surface area contributed by atoms with Gasteiger partial charge >= 0.3 is 0 Å². The number of halogens is 1. The van der Waals surface area contributed by atoms with E-state index in [4.69, 9.17) is 0 Å². The highest BCUT2D eigenvalue weighted by Gasteiger charge is 2.26. The molecule has 0 radical (unpaired) electrons. The second-order valence-corrected chi connectivity index (χ2v) is 7.52. The number of rotatable bonds is 6. The third kappa shape index (κ3) is 4.49. The van der Waals surface area contributed by atoms with E-state index in [2.05, 4.69) is 4.90 Å². The Morgan fingerprint density at radius 3 is 2.43 bits per heavy atom. The molecule has 1 aromatic rings. The fourth-order valence-corrected chi connectivity index (χ4v) is 4.12. The van der Waals surface area contributed by atoms with Crippen molar-refractivity contribution in [1.29, 1.82) is 0 Å². The smallest absolute Gasteiger partial charge is 0.214 e. The minimum absolute atomic E-state index is 0.199. The molecule has 1 aromatic carbocycles. The molecule has 0 atom stereocenters. The van der Waals surface area contributed by atoms with E-state index >= 15 is 0 Å². The molecule has 0 bridgehead atoms. The Balaban J connectivity index is 1.87. The zero-order valence-corrected chi connectivity index (χ0v) is 13.3. The van der Waals surface area contributed by atoms with Gasteiger partial charge in [-0.15, -0.1) is 0 Å². The molecule has 1 saturated heterocycles. The van der Waals surface area contributed by atoms with E-state index in [1.54, 1.807) is 16.4 Å². The molecule has 1 heterocycles. The van der Waals surface area contributed by atoms with Crippen LogP contribution in [0.4, 0.5) is 4.39 Å². The minimum atomic E-state index is -3.12. The molecule has 21 heavy (non-hydrogen) atoms. The lowest BCUT2D eigenvalue weighted by molar-refractivity contribution is 0.180. The van der Waals surface area contributed by atoms with Gasteiger partial charge in [-0.2, -0.15) is 4.31 Å². The molecule has 118 valence electrons. The van der Waals surface area contributed by atoms with E-state index in [0.717, 1.165) is 6.42 Å². The average Bonchev–Trinajstić information content (AvgIpc) is 2.48. The van der Waals surface area contributed by atoms with Crippen LogP contribution < -0.4 is 0 Å². The van der Waals surface area contributed by atoms with Crippen LogP contribution in [0.5, 0.6) is 0 Å². The summed E-state index contributed by atoms with van der Waals surface area (Å²) in [6.07, 6.45) is 1.59. The van der Waals surface area contributed by atoms with Gasteiger partial charge < -0.3 is 0 Å². The zero-order chi connectivity index (χ0) is 15.3. The lowest BCUT2D eigenvalue weighted by atomic mass is 10.2. The Bertz CT molecular complexity index is 555. The summed E-state index contributed by atoms with van der Waals surface area (Å²) in [5.41, 5.74) is 0.666. The first-order chi connectivity index (χ1) is 10.0. The lowest BCUT2D eigenvalue weighted by Gasteiger charge is -2.34. The van der Waals surface area contributed by atoms with Crippen molar-refractivity contribution >= 4 is 10.0 Å². The zero-order valence-electron chi connectivity index (χ0n) is 12.5. The second-order valence-electron chi connectivity index (χ2n) is 5.44. The number of sulfonamides is 1. The Labute approximate surface area is 126 Å². The summed E-state index contributed by atoms with van der Waals surface area (Å²) in [5.74, 6) is 0.0343. The monoisotopic (exact) mass is 314 g/mol. The maximum Gasteiger partial charge on any atom is 0.214 e. The Kier molecular flexibility index (Phi) is 5.72. The summed E-state index contributed by atoms with van der Waals surface area (Å²) in [6, 6.07) is 6.74. The molecular formula is C15H23FN2O2S. The topological polar surface area (TPSA) is 40.6 Å². The highest BCUT2D eigenvalue weighted by atomic mass is 32.2. The highest BCUT2D eigenvalue weighted by Crippen LogP contribution is 2.14. The largest absolute Gasteiger partial charge is 0.296 e. The molecule has 1 aliphatic rings. The van der Waals surface area contributed by atoms with Crippen molar-refractivity contribution < 1.29 is 12.8 Å². The van der Waals surface area contributed by atoms with E-state index in [0.29, 0.717) is 44.7 Å². The first kappa shape index (κ1) is 16.4. The first-order valence-electron chi connectivity index (χ1n) is 7.46. The van der Waals surface area contributed by atoms with E-state index in [1.165, 1.54) is 6.07 Å².